The van der Waals surface area contributed by atoms with Crippen LogP contribution in [0.25, 0.3) is 0 Å². The molecule has 0 fully saturated rings. The van der Waals surface area contributed by atoms with Crippen molar-refractivity contribution < 1.29 is 9.18 Å². The Kier molecular flexibility index (Phi) is 4.52. The highest BCUT2D eigenvalue weighted by atomic mass is 19.1. The van der Waals surface area contributed by atoms with Gasteiger partial charge >= 0.3 is 0 Å². The molecule has 1 aromatic heterocycles. The van der Waals surface area contributed by atoms with Crippen LogP contribution in [0, 0.1) is 12.7 Å². The molecule has 2 aromatic carbocycles. The fraction of sp³-hybridized carbons (Fsp3) is 0.0526. The molecule has 0 saturated heterocycles. The largest absolute Gasteiger partial charge is 0.354 e. The zero-order valence-corrected chi connectivity index (χ0v) is 13.1. The summed E-state index contributed by atoms with van der Waals surface area (Å²) in [6, 6.07) is 15.2. The van der Waals surface area contributed by atoms with Gasteiger partial charge in [-0.05, 0) is 48.9 Å². The zero-order valence-electron chi connectivity index (χ0n) is 13.1. The van der Waals surface area contributed by atoms with Gasteiger partial charge in [0, 0.05) is 17.6 Å². The first kappa shape index (κ1) is 15.7. The summed E-state index contributed by atoms with van der Waals surface area (Å²) in [5.41, 5.74) is 3.55. The van der Waals surface area contributed by atoms with Crippen LogP contribution < -0.4 is 10.6 Å². The molecule has 5 heteroatoms. The molecule has 1 amide bonds. The highest BCUT2D eigenvalue weighted by molar-refractivity contribution is 6.05. The Morgan fingerprint density at radius 2 is 1.75 bits per heavy atom. The molecule has 24 heavy (non-hydrogen) atoms. The van der Waals surface area contributed by atoms with Gasteiger partial charge in [0.05, 0.1) is 17.4 Å². The van der Waals surface area contributed by atoms with E-state index in [1.807, 2.05) is 31.2 Å². The summed E-state index contributed by atoms with van der Waals surface area (Å²) in [5.74, 6) is -0.537. The predicted molar refractivity (Wildman–Crippen MR) is 93.1 cm³/mol. The SMILES string of the molecule is Cc1ccccc1NC(=O)c1cncc(Nc2ccc(F)cc2)c1. The molecular formula is C19H16FN3O. The van der Waals surface area contributed by atoms with Gasteiger partial charge in [-0.3, -0.25) is 9.78 Å². The third-order valence-electron chi connectivity index (χ3n) is 3.53. The smallest absolute Gasteiger partial charge is 0.257 e. The molecule has 0 radical (unpaired) electrons. The molecule has 0 aliphatic rings. The number of nitrogens with one attached hydrogen (secondary N) is 2. The average molecular weight is 321 g/mol. The van der Waals surface area contributed by atoms with Crippen LogP contribution in [0.15, 0.2) is 67.0 Å². The van der Waals surface area contributed by atoms with E-state index in [4.69, 9.17) is 0 Å². The highest BCUT2D eigenvalue weighted by Crippen LogP contribution is 2.19. The number of pyridine rings is 1. The average Bonchev–Trinajstić information content (AvgIpc) is 2.59. The quantitative estimate of drug-likeness (QED) is 0.742. The Morgan fingerprint density at radius 1 is 1.00 bits per heavy atom. The summed E-state index contributed by atoms with van der Waals surface area (Å²) < 4.78 is 12.9. The van der Waals surface area contributed by atoms with Crippen molar-refractivity contribution in [3.05, 3.63) is 83.9 Å². The number of amides is 1. The maximum atomic E-state index is 12.9. The van der Waals surface area contributed by atoms with Gasteiger partial charge in [-0.25, -0.2) is 4.39 Å². The standard InChI is InChI=1S/C19H16FN3O/c1-13-4-2-3-5-18(13)23-19(24)14-10-17(12-21-11-14)22-16-8-6-15(20)7-9-16/h2-12,22H,1H3,(H,23,24). The van der Waals surface area contributed by atoms with Crippen molar-refractivity contribution in [2.24, 2.45) is 0 Å². The number of nitrogens with zero attached hydrogens (tertiary/aromatic N) is 1. The lowest BCUT2D eigenvalue weighted by atomic mass is 10.2. The number of aryl methyl sites for hydroxylation is 1. The molecule has 3 rings (SSSR count). The summed E-state index contributed by atoms with van der Waals surface area (Å²) >= 11 is 0. The molecule has 4 nitrogen and oxygen atoms in total. The van der Waals surface area contributed by atoms with Crippen molar-refractivity contribution in [2.45, 2.75) is 6.92 Å². The first-order chi connectivity index (χ1) is 11.6. The number of rotatable bonds is 4. The van der Waals surface area contributed by atoms with E-state index in [2.05, 4.69) is 15.6 Å². The molecule has 1 heterocycles. The molecule has 2 N–H and O–H groups in total. The Bertz CT molecular complexity index is 862. The number of hydrogen-bond acceptors (Lipinski definition) is 3. The van der Waals surface area contributed by atoms with E-state index in [1.165, 1.54) is 18.3 Å². The van der Waals surface area contributed by atoms with Crippen molar-refractivity contribution in [2.75, 3.05) is 10.6 Å². The molecule has 0 aliphatic heterocycles. The number of aromatic nitrogens is 1. The second-order valence-electron chi connectivity index (χ2n) is 5.36. The van der Waals surface area contributed by atoms with Gasteiger partial charge < -0.3 is 10.6 Å². The van der Waals surface area contributed by atoms with E-state index in [1.54, 1.807) is 24.4 Å². The van der Waals surface area contributed by atoms with Gasteiger partial charge in [-0.1, -0.05) is 18.2 Å². The predicted octanol–water partition coefficient (Wildman–Crippen LogP) is 4.53. The van der Waals surface area contributed by atoms with Crippen LogP contribution in [0.5, 0.6) is 0 Å². The second kappa shape index (κ2) is 6.91. The Labute approximate surface area is 139 Å². The minimum Gasteiger partial charge on any atom is -0.354 e. The van der Waals surface area contributed by atoms with Crippen molar-refractivity contribution in [3.8, 4) is 0 Å². The molecule has 0 bridgehead atoms. The van der Waals surface area contributed by atoms with Crippen LogP contribution in [0.2, 0.25) is 0 Å². The van der Waals surface area contributed by atoms with Crippen molar-refractivity contribution >= 4 is 23.0 Å². The third-order valence-corrected chi connectivity index (χ3v) is 3.53. The number of para-hydroxylation sites is 1. The van der Waals surface area contributed by atoms with E-state index < -0.39 is 0 Å². The molecule has 0 unspecified atom stereocenters. The lowest BCUT2D eigenvalue weighted by Crippen LogP contribution is -2.13. The van der Waals surface area contributed by atoms with Gasteiger partial charge in [0.2, 0.25) is 0 Å². The number of halogens is 1. The third kappa shape index (κ3) is 3.76. The Morgan fingerprint density at radius 3 is 2.50 bits per heavy atom. The number of anilines is 3. The summed E-state index contributed by atoms with van der Waals surface area (Å²) in [6.07, 6.45) is 3.11. The Balaban J connectivity index is 1.76. The van der Waals surface area contributed by atoms with Gasteiger partial charge in [-0.15, -0.1) is 0 Å². The molecule has 0 atom stereocenters. The minimum atomic E-state index is -0.301. The summed E-state index contributed by atoms with van der Waals surface area (Å²) in [7, 11) is 0. The van der Waals surface area contributed by atoms with Crippen LogP contribution in [0.3, 0.4) is 0 Å². The van der Waals surface area contributed by atoms with Crippen LogP contribution >= 0.6 is 0 Å². The van der Waals surface area contributed by atoms with Crippen LogP contribution in [0.4, 0.5) is 21.5 Å². The summed E-state index contributed by atoms with van der Waals surface area (Å²) in [5, 5.41) is 5.96. The molecule has 0 saturated carbocycles. The molecular weight excluding hydrogens is 305 g/mol. The molecule has 0 spiro atoms. The van der Waals surface area contributed by atoms with Gasteiger partial charge in [0.25, 0.3) is 5.91 Å². The fourth-order valence-corrected chi connectivity index (χ4v) is 2.24. The lowest BCUT2D eigenvalue weighted by Gasteiger charge is -2.10. The van der Waals surface area contributed by atoms with Gasteiger partial charge in [0.1, 0.15) is 5.82 Å². The number of benzene rings is 2. The monoisotopic (exact) mass is 321 g/mol. The topological polar surface area (TPSA) is 54.0 Å². The lowest BCUT2D eigenvalue weighted by molar-refractivity contribution is 0.102. The van der Waals surface area contributed by atoms with Crippen LogP contribution in [-0.4, -0.2) is 10.9 Å². The normalized spacial score (nSPS) is 10.2. The van der Waals surface area contributed by atoms with Crippen molar-refractivity contribution in [3.63, 3.8) is 0 Å². The number of carbonyl (C=O) groups is 1. The van der Waals surface area contributed by atoms with E-state index in [-0.39, 0.29) is 11.7 Å². The molecule has 120 valence electrons. The van der Waals surface area contributed by atoms with Crippen LogP contribution in [0.1, 0.15) is 15.9 Å². The zero-order chi connectivity index (χ0) is 16.9. The van der Waals surface area contributed by atoms with Gasteiger partial charge in [0.15, 0.2) is 0 Å². The molecule has 0 aliphatic carbocycles. The highest BCUT2D eigenvalue weighted by Gasteiger charge is 2.09. The minimum absolute atomic E-state index is 0.237. The van der Waals surface area contributed by atoms with E-state index in [0.29, 0.717) is 11.3 Å². The first-order valence-electron chi connectivity index (χ1n) is 7.46. The van der Waals surface area contributed by atoms with Crippen molar-refractivity contribution in [1.29, 1.82) is 0 Å². The van der Waals surface area contributed by atoms with E-state index >= 15 is 0 Å². The van der Waals surface area contributed by atoms with E-state index in [9.17, 15) is 9.18 Å². The summed E-state index contributed by atoms with van der Waals surface area (Å²) in [6.45, 7) is 1.93. The first-order valence-corrected chi connectivity index (χ1v) is 7.46. The fourth-order valence-electron chi connectivity index (χ4n) is 2.24. The maximum Gasteiger partial charge on any atom is 0.257 e. The van der Waals surface area contributed by atoms with Gasteiger partial charge in [-0.2, -0.15) is 0 Å². The van der Waals surface area contributed by atoms with Crippen molar-refractivity contribution in [1.82, 2.24) is 4.98 Å². The Hall–Kier alpha value is -3.21. The summed E-state index contributed by atoms with van der Waals surface area (Å²) in [4.78, 5) is 16.5. The van der Waals surface area contributed by atoms with E-state index in [0.717, 1.165) is 16.9 Å². The van der Waals surface area contributed by atoms with Crippen LogP contribution in [-0.2, 0) is 0 Å². The molecule has 3 aromatic rings. The number of carbonyl (C=O) groups excluding carboxylic acids is 1. The number of hydrogen-bond donors (Lipinski definition) is 2. The maximum absolute atomic E-state index is 12.9. The second-order valence-corrected chi connectivity index (χ2v) is 5.36.